The maximum absolute atomic E-state index is 10.1. The van der Waals surface area contributed by atoms with Crippen LogP contribution in [0.25, 0.3) is 0 Å². The summed E-state index contributed by atoms with van der Waals surface area (Å²) in [6.07, 6.45) is 1.84. The molecule has 2 aromatic rings. The number of aromatic hydroxyl groups is 2. The lowest BCUT2D eigenvalue weighted by Crippen LogP contribution is -1.95. The number of benzene rings is 2. The summed E-state index contributed by atoms with van der Waals surface area (Å²) in [5.74, 6) is 1.15. The van der Waals surface area contributed by atoms with Gasteiger partial charge >= 0.3 is 0 Å². The first-order valence-electron chi connectivity index (χ1n) is 8.41. The van der Waals surface area contributed by atoms with E-state index in [-0.39, 0.29) is 11.8 Å². The predicted octanol–water partition coefficient (Wildman–Crippen LogP) is 5.71. The summed E-state index contributed by atoms with van der Waals surface area (Å²) in [7, 11) is 0. The third-order valence-electron chi connectivity index (χ3n) is 4.35. The number of nitrogens with zero attached hydrogens (tertiary/aromatic N) is 1. The molecule has 2 N–H and O–H groups in total. The monoisotopic (exact) mass is 325 g/mol. The lowest BCUT2D eigenvalue weighted by molar-refractivity contribution is 0.464. The molecule has 0 amide bonds. The molecule has 2 aromatic carbocycles. The van der Waals surface area contributed by atoms with Gasteiger partial charge in [-0.25, -0.2) is 0 Å². The third kappa shape index (κ3) is 3.78. The highest BCUT2D eigenvalue weighted by Gasteiger charge is 2.11. The second kappa shape index (κ2) is 7.08. The molecule has 0 aliphatic rings. The van der Waals surface area contributed by atoms with Crippen LogP contribution < -0.4 is 0 Å². The van der Waals surface area contributed by atoms with E-state index in [1.54, 1.807) is 12.1 Å². The molecule has 24 heavy (non-hydrogen) atoms. The number of aliphatic imine (C=N–C) groups is 1. The SMILES string of the molecule is Cc1cc(O)c(C(C)C)cc1C=Nc1cc(C(C)C)c(O)cc1C. The molecule has 0 aromatic heterocycles. The van der Waals surface area contributed by atoms with Gasteiger partial charge in [-0.2, -0.15) is 0 Å². The summed E-state index contributed by atoms with van der Waals surface area (Å²) in [6.45, 7) is 12.1. The Morgan fingerprint density at radius 3 is 1.83 bits per heavy atom. The molecule has 0 aliphatic carbocycles. The van der Waals surface area contributed by atoms with Crippen molar-refractivity contribution in [2.45, 2.75) is 53.4 Å². The van der Waals surface area contributed by atoms with Crippen LogP contribution in [0.1, 0.15) is 67.3 Å². The molecule has 128 valence electrons. The van der Waals surface area contributed by atoms with E-state index < -0.39 is 0 Å². The Labute approximate surface area is 144 Å². The van der Waals surface area contributed by atoms with Crippen LogP contribution in [0.15, 0.2) is 29.3 Å². The summed E-state index contributed by atoms with van der Waals surface area (Å²) < 4.78 is 0. The van der Waals surface area contributed by atoms with Crippen LogP contribution in [0.4, 0.5) is 5.69 Å². The van der Waals surface area contributed by atoms with Gasteiger partial charge in [0.1, 0.15) is 11.5 Å². The molecule has 0 unspecified atom stereocenters. The first-order valence-corrected chi connectivity index (χ1v) is 8.41. The van der Waals surface area contributed by atoms with Crippen LogP contribution >= 0.6 is 0 Å². The van der Waals surface area contributed by atoms with Gasteiger partial charge in [-0.15, -0.1) is 0 Å². The molecular formula is C21H27NO2. The summed E-state index contributed by atoms with van der Waals surface area (Å²) in [5, 5.41) is 20.1. The van der Waals surface area contributed by atoms with Crippen LogP contribution in [-0.2, 0) is 0 Å². The molecule has 3 heteroatoms. The second-order valence-electron chi connectivity index (χ2n) is 7.03. The highest BCUT2D eigenvalue weighted by atomic mass is 16.3. The average Bonchev–Trinajstić information content (AvgIpc) is 2.47. The molecule has 0 radical (unpaired) electrons. The Morgan fingerprint density at radius 1 is 0.792 bits per heavy atom. The van der Waals surface area contributed by atoms with Crippen LogP contribution in [0.3, 0.4) is 0 Å². The van der Waals surface area contributed by atoms with Crippen LogP contribution in [-0.4, -0.2) is 16.4 Å². The number of hydrogen-bond donors (Lipinski definition) is 2. The van der Waals surface area contributed by atoms with Crippen molar-refractivity contribution in [2.75, 3.05) is 0 Å². The minimum absolute atomic E-state index is 0.238. The third-order valence-corrected chi connectivity index (χ3v) is 4.35. The molecule has 0 fully saturated rings. The summed E-state index contributed by atoms with van der Waals surface area (Å²) >= 11 is 0. The fourth-order valence-electron chi connectivity index (χ4n) is 2.77. The Kier molecular flexibility index (Phi) is 5.33. The number of hydrogen-bond acceptors (Lipinski definition) is 3. The van der Waals surface area contributed by atoms with E-state index in [0.29, 0.717) is 11.5 Å². The quantitative estimate of drug-likeness (QED) is 0.707. The molecule has 0 spiro atoms. The van der Waals surface area contributed by atoms with Crippen molar-refractivity contribution in [2.24, 2.45) is 4.99 Å². The number of aryl methyl sites for hydroxylation is 2. The van der Waals surface area contributed by atoms with E-state index >= 15 is 0 Å². The molecule has 0 atom stereocenters. The first kappa shape index (κ1) is 18.1. The van der Waals surface area contributed by atoms with Gasteiger partial charge in [-0.05, 0) is 77.8 Å². The van der Waals surface area contributed by atoms with Crippen molar-refractivity contribution in [3.8, 4) is 11.5 Å². The normalized spacial score (nSPS) is 11.8. The second-order valence-corrected chi connectivity index (χ2v) is 7.03. The summed E-state index contributed by atoms with van der Waals surface area (Å²) in [5.41, 5.74) is 5.60. The molecule has 0 aliphatic heterocycles. The smallest absolute Gasteiger partial charge is 0.119 e. The largest absolute Gasteiger partial charge is 0.508 e. The highest BCUT2D eigenvalue weighted by Crippen LogP contribution is 2.33. The minimum atomic E-state index is 0.238. The lowest BCUT2D eigenvalue weighted by atomic mass is 9.97. The fraction of sp³-hybridized carbons (Fsp3) is 0.381. The lowest BCUT2D eigenvalue weighted by Gasteiger charge is -2.12. The van der Waals surface area contributed by atoms with Crippen molar-refractivity contribution in [1.29, 1.82) is 0 Å². The van der Waals surface area contributed by atoms with Crippen molar-refractivity contribution >= 4 is 11.9 Å². The van der Waals surface area contributed by atoms with E-state index in [9.17, 15) is 10.2 Å². The minimum Gasteiger partial charge on any atom is -0.508 e. The molecule has 0 saturated heterocycles. The Balaban J connectivity index is 2.45. The number of phenols is 2. The molecule has 0 saturated carbocycles. The van der Waals surface area contributed by atoms with Crippen LogP contribution in [0.2, 0.25) is 0 Å². The van der Waals surface area contributed by atoms with E-state index in [1.165, 1.54) is 0 Å². The maximum Gasteiger partial charge on any atom is 0.119 e. The van der Waals surface area contributed by atoms with Gasteiger partial charge in [0.15, 0.2) is 0 Å². The first-order chi connectivity index (χ1) is 11.2. The number of rotatable bonds is 4. The zero-order valence-corrected chi connectivity index (χ0v) is 15.4. The maximum atomic E-state index is 10.1. The molecule has 0 bridgehead atoms. The van der Waals surface area contributed by atoms with Gasteiger partial charge in [0.05, 0.1) is 5.69 Å². The van der Waals surface area contributed by atoms with E-state index in [2.05, 4.69) is 32.7 Å². The molecular weight excluding hydrogens is 298 g/mol. The fourth-order valence-corrected chi connectivity index (χ4v) is 2.77. The standard InChI is InChI=1S/C21H27NO2/c1-12(2)17-9-16(14(5)7-20(17)23)11-22-19-10-18(13(3)4)21(24)8-15(19)6/h7-13,23-24H,1-6H3. The topological polar surface area (TPSA) is 52.8 Å². The van der Waals surface area contributed by atoms with Crippen molar-refractivity contribution < 1.29 is 10.2 Å². The van der Waals surface area contributed by atoms with Crippen molar-refractivity contribution in [3.05, 3.63) is 52.1 Å². The summed E-state index contributed by atoms with van der Waals surface area (Å²) in [6, 6.07) is 7.51. The Morgan fingerprint density at radius 2 is 1.29 bits per heavy atom. The zero-order chi connectivity index (χ0) is 18.0. The number of phenolic OH excluding ortho intramolecular Hbond substituents is 2. The van der Waals surface area contributed by atoms with Gasteiger partial charge in [-0.3, -0.25) is 4.99 Å². The molecule has 0 heterocycles. The summed E-state index contributed by atoms with van der Waals surface area (Å²) in [4.78, 5) is 4.63. The Hall–Kier alpha value is -2.29. The van der Waals surface area contributed by atoms with Gasteiger partial charge in [0.2, 0.25) is 0 Å². The van der Waals surface area contributed by atoms with Gasteiger partial charge in [-0.1, -0.05) is 27.7 Å². The zero-order valence-electron chi connectivity index (χ0n) is 15.4. The van der Waals surface area contributed by atoms with E-state index in [0.717, 1.165) is 33.5 Å². The van der Waals surface area contributed by atoms with Gasteiger partial charge < -0.3 is 10.2 Å². The molecule has 2 rings (SSSR count). The predicted molar refractivity (Wildman–Crippen MR) is 101 cm³/mol. The van der Waals surface area contributed by atoms with E-state index in [4.69, 9.17) is 0 Å². The highest BCUT2D eigenvalue weighted by molar-refractivity contribution is 5.85. The Bertz CT molecular complexity index is 708. The van der Waals surface area contributed by atoms with Crippen molar-refractivity contribution in [1.82, 2.24) is 0 Å². The van der Waals surface area contributed by atoms with E-state index in [1.807, 2.05) is 32.2 Å². The van der Waals surface area contributed by atoms with Crippen molar-refractivity contribution in [3.63, 3.8) is 0 Å². The van der Waals surface area contributed by atoms with Crippen LogP contribution in [0, 0.1) is 13.8 Å². The average molecular weight is 325 g/mol. The van der Waals surface area contributed by atoms with Crippen LogP contribution in [0.5, 0.6) is 11.5 Å². The van der Waals surface area contributed by atoms with Gasteiger partial charge in [0, 0.05) is 6.21 Å². The van der Waals surface area contributed by atoms with Gasteiger partial charge in [0.25, 0.3) is 0 Å². The molecule has 3 nitrogen and oxygen atoms in total.